The maximum atomic E-state index is 12.7. The number of carbonyl (C=O) groups is 1. The van der Waals surface area contributed by atoms with E-state index in [0.717, 1.165) is 11.6 Å². The first-order valence-corrected chi connectivity index (χ1v) is 9.44. The fourth-order valence-electron chi connectivity index (χ4n) is 3.27. The van der Waals surface area contributed by atoms with Gasteiger partial charge in [-0.3, -0.25) is 9.59 Å². The van der Waals surface area contributed by atoms with Gasteiger partial charge in [0.05, 0.1) is 6.04 Å². The molecule has 4 rings (SSSR count). The second-order valence-electron chi connectivity index (χ2n) is 8.39. The Bertz CT molecular complexity index is 1140. The molecule has 1 aliphatic heterocycles. The minimum Gasteiger partial charge on any atom is -0.351 e. The van der Waals surface area contributed by atoms with Gasteiger partial charge in [-0.05, 0) is 18.2 Å². The molecule has 29 heavy (non-hydrogen) atoms. The quantitative estimate of drug-likeness (QED) is 0.634. The summed E-state index contributed by atoms with van der Waals surface area (Å²) in [6, 6.07) is 6.69. The predicted molar refractivity (Wildman–Crippen MR) is 107 cm³/mol. The van der Waals surface area contributed by atoms with Crippen LogP contribution in [-0.2, 0) is 12.5 Å². The molecule has 4 heterocycles. The summed E-state index contributed by atoms with van der Waals surface area (Å²) in [5, 5.41) is 17.2. The lowest BCUT2D eigenvalue weighted by atomic mass is 9.96. The van der Waals surface area contributed by atoms with Crippen LogP contribution in [0.1, 0.15) is 37.1 Å². The number of carbonyl (C=O) groups excluding carboxylic acids is 1. The molecule has 1 saturated heterocycles. The fraction of sp³-hybridized carbons (Fsp3) is 0.474. The third-order valence-corrected chi connectivity index (χ3v) is 5.15. The molecule has 3 aromatic rings. The van der Waals surface area contributed by atoms with Gasteiger partial charge >= 0.3 is 0 Å². The van der Waals surface area contributed by atoms with E-state index in [1.807, 2.05) is 12.1 Å². The van der Waals surface area contributed by atoms with Crippen molar-refractivity contribution in [2.75, 3.05) is 25.0 Å². The molecule has 0 aromatic carbocycles. The smallest absolute Gasteiger partial charge is 0.274 e. The minimum atomic E-state index is -0.246. The summed E-state index contributed by atoms with van der Waals surface area (Å²) in [5.74, 6) is 1.42. The van der Waals surface area contributed by atoms with Gasteiger partial charge in [0.15, 0.2) is 11.5 Å². The number of aryl methyl sites for hydroxylation is 1. The van der Waals surface area contributed by atoms with Crippen molar-refractivity contribution in [3.05, 3.63) is 46.1 Å². The topological polar surface area (TPSA) is 102 Å². The Kier molecular flexibility index (Phi) is 4.36. The van der Waals surface area contributed by atoms with Crippen LogP contribution in [0.5, 0.6) is 0 Å². The summed E-state index contributed by atoms with van der Waals surface area (Å²) >= 11 is 0. The van der Waals surface area contributed by atoms with Crippen molar-refractivity contribution in [1.82, 2.24) is 34.5 Å². The number of nitrogens with zero attached hydrogens (tertiary/aromatic N) is 8. The van der Waals surface area contributed by atoms with E-state index in [4.69, 9.17) is 5.10 Å². The highest BCUT2D eigenvalue weighted by Crippen LogP contribution is 2.25. The minimum absolute atomic E-state index is 0.0435. The van der Waals surface area contributed by atoms with Crippen LogP contribution < -0.4 is 10.5 Å². The van der Waals surface area contributed by atoms with Gasteiger partial charge in [0.25, 0.3) is 11.5 Å². The number of aromatic nitrogens is 6. The first-order valence-electron chi connectivity index (χ1n) is 9.44. The van der Waals surface area contributed by atoms with Gasteiger partial charge in [0.1, 0.15) is 11.5 Å². The van der Waals surface area contributed by atoms with Crippen molar-refractivity contribution in [2.24, 2.45) is 7.05 Å². The summed E-state index contributed by atoms with van der Waals surface area (Å²) in [6.45, 7) is 7.56. The number of anilines is 1. The van der Waals surface area contributed by atoms with E-state index in [0.29, 0.717) is 18.7 Å². The monoisotopic (exact) mass is 396 g/mol. The molecule has 0 N–H and O–H groups in total. The summed E-state index contributed by atoms with van der Waals surface area (Å²) in [4.78, 5) is 27.9. The molecule has 0 radical (unpaired) electrons. The number of rotatable bonds is 3. The molecule has 3 aromatic heterocycles. The first-order chi connectivity index (χ1) is 13.6. The molecule has 0 aliphatic carbocycles. The third kappa shape index (κ3) is 3.34. The van der Waals surface area contributed by atoms with Crippen LogP contribution in [0, 0.1) is 0 Å². The summed E-state index contributed by atoms with van der Waals surface area (Å²) in [7, 11) is 3.29. The average Bonchev–Trinajstić information content (AvgIpc) is 3.05. The van der Waals surface area contributed by atoms with Gasteiger partial charge in [-0.15, -0.1) is 15.3 Å². The Labute approximate surface area is 167 Å². The lowest BCUT2D eigenvalue weighted by Gasteiger charge is -2.44. The Balaban J connectivity index is 1.48. The highest BCUT2D eigenvalue weighted by atomic mass is 16.2. The Morgan fingerprint density at radius 3 is 2.48 bits per heavy atom. The highest BCUT2D eigenvalue weighted by Gasteiger charge is 2.34. The summed E-state index contributed by atoms with van der Waals surface area (Å²) in [5.41, 5.74) is 0.553. The number of fused-ring (bicyclic) bond motifs is 1. The van der Waals surface area contributed by atoms with Gasteiger partial charge in [0.2, 0.25) is 0 Å². The van der Waals surface area contributed by atoms with E-state index in [2.05, 4.69) is 41.0 Å². The first kappa shape index (κ1) is 19.0. The SMILES string of the molecule is CN(C(=O)c1ccc(=O)n(C)n1)C1CN(c2ccc3nnc(C(C)(C)C)n3n2)C1. The van der Waals surface area contributed by atoms with Crippen molar-refractivity contribution in [3.63, 3.8) is 0 Å². The van der Waals surface area contributed by atoms with Gasteiger partial charge in [-0.2, -0.15) is 9.61 Å². The van der Waals surface area contributed by atoms with Crippen molar-refractivity contribution < 1.29 is 4.79 Å². The molecule has 0 bridgehead atoms. The van der Waals surface area contributed by atoms with Crippen LogP contribution in [0.3, 0.4) is 0 Å². The Morgan fingerprint density at radius 2 is 1.83 bits per heavy atom. The van der Waals surface area contributed by atoms with E-state index in [1.165, 1.54) is 23.9 Å². The molecule has 152 valence electrons. The molecular formula is C19H24N8O2. The number of hydrogen-bond donors (Lipinski definition) is 0. The van der Waals surface area contributed by atoms with E-state index in [9.17, 15) is 9.59 Å². The maximum absolute atomic E-state index is 12.7. The second-order valence-corrected chi connectivity index (χ2v) is 8.39. The van der Waals surface area contributed by atoms with Crippen LogP contribution in [0.4, 0.5) is 5.82 Å². The molecule has 1 fully saturated rings. The lowest BCUT2D eigenvalue weighted by Crippen LogP contribution is -2.60. The number of hydrogen-bond acceptors (Lipinski definition) is 7. The zero-order chi connectivity index (χ0) is 20.9. The van der Waals surface area contributed by atoms with Crippen molar-refractivity contribution in [3.8, 4) is 0 Å². The lowest BCUT2D eigenvalue weighted by molar-refractivity contribution is 0.0696. The predicted octanol–water partition coefficient (Wildman–Crippen LogP) is 0.476. The largest absolute Gasteiger partial charge is 0.351 e. The van der Waals surface area contributed by atoms with Gasteiger partial charge in [0, 0.05) is 38.7 Å². The van der Waals surface area contributed by atoms with E-state index < -0.39 is 0 Å². The van der Waals surface area contributed by atoms with Crippen LogP contribution >= 0.6 is 0 Å². The van der Waals surface area contributed by atoms with Crippen molar-refractivity contribution in [1.29, 1.82) is 0 Å². The van der Waals surface area contributed by atoms with Gasteiger partial charge < -0.3 is 9.80 Å². The summed E-state index contributed by atoms with van der Waals surface area (Å²) in [6.07, 6.45) is 0. The van der Waals surface area contributed by atoms with E-state index in [1.54, 1.807) is 16.5 Å². The third-order valence-electron chi connectivity index (χ3n) is 5.15. The molecular weight excluding hydrogens is 372 g/mol. The van der Waals surface area contributed by atoms with E-state index in [-0.39, 0.29) is 28.6 Å². The van der Waals surface area contributed by atoms with Crippen molar-refractivity contribution in [2.45, 2.75) is 32.2 Å². The molecule has 1 aliphatic rings. The van der Waals surface area contributed by atoms with Crippen molar-refractivity contribution >= 4 is 17.4 Å². The van der Waals surface area contributed by atoms with Gasteiger partial charge in [-0.1, -0.05) is 20.8 Å². The molecule has 0 saturated carbocycles. The zero-order valence-electron chi connectivity index (χ0n) is 17.2. The van der Waals surface area contributed by atoms with Gasteiger partial charge in [-0.25, -0.2) is 4.68 Å². The molecule has 1 amide bonds. The van der Waals surface area contributed by atoms with Crippen LogP contribution in [0.25, 0.3) is 5.65 Å². The zero-order valence-corrected chi connectivity index (χ0v) is 17.2. The molecule has 10 heteroatoms. The molecule has 10 nitrogen and oxygen atoms in total. The Morgan fingerprint density at radius 1 is 1.10 bits per heavy atom. The van der Waals surface area contributed by atoms with E-state index >= 15 is 0 Å². The fourth-order valence-corrected chi connectivity index (χ4v) is 3.27. The molecule has 0 atom stereocenters. The number of amides is 1. The normalized spacial score (nSPS) is 14.9. The molecule has 0 spiro atoms. The summed E-state index contributed by atoms with van der Waals surface area (Å²) < 4.78 is 2.95. The molecule has 0 unspecified atom stereocenters. The van der Waals surface area contributed by atoms with Crippen LogP contribution in [-0.4, -0.2) is 66.6 Å². The highest BCUT2D eigenvalue weighted by molar-refractivity contribution is 5.92. The number of likely N-dealkylation sites (N-methyl/N-ethyl adjacent to an activating group) is 1. The van der Waals surface area contributed by atoms with Crippen LogP contribution in [0.15, 0.2) is 29.1 Å². The average molecular weight is 396 g/mol. The van der Waals surface area contributed by atoms with Crippen LogP contribution in [0.2, 0.25) is 0 Å². The maximum Gasteiger partial charge on any atom is 0.274 e. The Hall–Kier alpha value is -3.30. The second kappa shape index (κ2) is 6.64. The standard InChI is InChI=1S/C19H24N8O2/c1-19(2,3)18-21-20-14-7-8-15(23-27(14)18)26-10-12(11-26)24(4)17(29)13-6-9-16(28)25(5)22-13/h6-9,12H,10-11H2,1-5H3.